The molecule has 4 aromatic rings. The minimum Gasteiger partial charge on any atom is -0.392 e. The predicted molar refractivity (Wildman–Crippen MR) is 154 cm³/mol. The lowest BCUT2D eigenvalue weighted by Crippen LogP contribution is -2.31. The van der Waals surface area contributed by atoms with E-state index < -0.39 is 0 Å². The zero-order chi connectivity index (χ0) is 27.1. The molecule has 4 rings (SSSR count). The first-order valence-electron chi connectivity index (χ1n) is 13.3. The number of nitrogen functional groups attached to an aromatic ring is 1. The van der Waals surface area contributed by atoms with Crippen molar-refractivity contribution >= 4 is 5.84 Å². The summed E-state index contributed by atoms with van der Waals surface area (Å²) in [7, 11) is 0. The number of hydrogen-bond acceptors (Lipinski definition) is 4. The van der Waals surface area contributed by atoms with Crippen LogP contribution in [-0.4, -0.2) is 20.5 Å². The average molecular weight is 509 g/mol. The van der Waals surface area contributed by atoms with Gasteiger partial charge in [0.25, 0.3) is 5.56 Å². The van der Waals surface area contributed by atoms with Crippen molar-refractivity contribution in [3.63, 3.8) is 0 Å². The number of nitrogens with two attached hydrogens (primary N) is 1. The molecule has 0 amide bonds. The number of aliphatic hydroxyl groups excluding tert-OH is 1. The van der Waals surface area contributed by atoms with Gasteiger partial charge in [0.15, 0.2) is 0 Å². The summed E-state index contributed by atoms with van der Waals surface area (Å²) in [5.41, 5.74) is 12.8. The van der Waals surface area contributed by atoms with Crippen molar-refractivity contribution in [2.24, 2.45) is 5.73 Å². The van der Waals surface area contributed by atoms with Crippen LogP contribution in [0.25, 0.3) is 11.1 Å². The Morgan fingerprint density at radius 2 is 1.71 bits per heavy atom. The van der Waals surface area contributed by atoms with Crippen molar-refractivity contribution in [2.75, 3.05) is 0 Å². The third-order valence-electron chi connectivity index (χ3n) is 6.89. The van der Waals surface area contributed by atoms with Gasteiger partial charge in [0.1, 0.15) is 11.7 Å². The maximum Gasteiger partial charge on any atom is 0.257 e. The third-order valence-corrected chi connectivity index (χ3v) is 6.89. The van der Waals surface area contributed by atoms with Gasteiger partial charge in [-0.25, -0.2) is 4.98 Å². The van der Waals surface area contributed by atoms with Crippen molar-refractivity contribution in [3.05, 3.63) is 122 Å². The molecule has 0 unspecified atom stereocenters. The molecule has 0 saturated carbocycles. The zero-order valence-electron chi connectivity index (χ0n) is 22.2. The van der Waals surface area contributed by atoms with Gasteiger partial charge in [-0.05, 0) is 40.7 Å². The molecule has 6 nitrogen and oxygen atoms in total. The SMILES string of the molecule is CCCCc1nc(CC)c(Cc2cccc(CO)c2)c(=O)n1Cc1ccc(-c2ccccc2C(=N)N)cc1. The fraction of sp³-hybridized carbons (Fsp3) is 0.281. The number of amidine groups is 1. The maximum atomic E-state index is 13.9. The summed E-state index contributed by atoms with van der Waals surface area (Å²) in [6, 6.07) is 23.5. The zero-order valence-corrected chi connectivity index (χ0v) is 22.2. The lowest BCUT2D eigenvalue weighted by Gasteiger charge is -2.17. The van der Waals surface area contributed by atoms with E-state index in [1.54, 1.807) is 0 Å². The number of nitrogens with one attached hydrogen (secondary N) is 1. The van der Waals surface area contributed by atoms with Crippen molar-refractivity contribution in [1.82, 2.24) is 9.55 Å². The topological polar surface area (TPSA) is 105 Å². The summed E-state index contributed by atoms with van der Waals surface area (Å²) >= 11 is 0. The van der Waals surface area contributed by atoms with Gasteiger partial charge < -0.3 is 10.8 Å². The molecule has 0 aliphatic heterocycles. The van der Waals surface area contributed by atoms with Crippen LogP contribution in [0.15, 0.2) is 77.6 Å². The van der Waals surface area contributed by atoms with E-state index in [9.17, 15) is 9.90 Å². The molecule has 1 aromatic heterocycles. The number of aromatic nitrogens is 2. The van der Waals surface area contributed by atoms with Crippen molar-refractivity contribution in [1.29, 1.82) is 5.41 Å². The van der Waals surface area contributed by atoms with Gasteiger partial charge in [0.2, 0.25) is 0 Å². The van der Waals surface area contributed by atoms with E-state index in [0.717, 1.165) is 64.2 Å². The van der Waals surface area contributed by atoms with Crippen LogP contribution in [0.4, 0.5) is 0 Å². The summed E-state index contributed by atoms with van der Waals surface area (Å²) < 4.78 is 1.83. The number of rotatable bonds is 11. The summed E-state index contributed by atoms with van der Waals surface area (Å²) in [4.78, 5) is 18.9. The lowest BCUT2D eigenvalue weighted by atomic mass is 9.98. The standard InChI is InChI=1S/C32H36N4O2/c1-3-5-13-30-35-29(4-2)28(19-23-9-8-10-24(18-23)21-37)32(38)36(30)20-22-14-16-25(17-15-22)26-11-6-7-12-27(26)31(33)34/h6-12,14-18,37H,3-5,13,19-21H2,1-2H3,(H3,33,34). The summed E-state index contributed by atoms with van der Waals surface area (Å²) in [5.74, 6) is 0.864. The molecule has 38 heavy (non-hydrogen) atoms. The molecule has 0 aliphatic carbocycles. The van der Waals surface area contributed by atoms with Crippen molar-refractivity contribution in [2.45, 2.75) is 59.1 Å². The van der Waals surface area contributed by atoms with Gasteiger partial charge >= 0.3 is 0 Å². The van der Waals surface area contributed by atoms with Crippen molar-refractivity contribution in [3.8, 4) is 11.1 Å². The van der Waals surface area contributed by atoms with Gasteiger partial charge in [0.05, 0.1) is 18.8 Å². The fourth-order valence-corrected chi connectivity index (χ4v) is 4.83. The Labute approximate surface area is 224 Å². The predicted octanol–water partition coefficient (Wildman–Crippen LogP) is 5.23. The Morgan fingerprint density at radius 3 is 2.39 bits per heavy atom. The van der Waals surface area contributed by atoms with E-state index in [4.69, 9.17) is 16.1 Å². The molecular weight excluding hydrogens is 472 g/mol. The van der Waals surface area contributed by atoms with Gasteiger partial charge in [0, 0.05) is 24.0 Å². The molecule has 0 atom stereocenters. The summed E-state index contributed by atoms with van der Waals surface area (Å²) in [6.45, 7) is 4.59. The molecule has 0 fully saturated rings. The van der Waals surface area contributed by atoms with Crippen LogP contribution in [0, 0.1) is 5.41 Å². The fourth-order valence-electron chi connectivity index (χ4n) is 4.83. The van der Waals surface area contributed by atoms with Crippen LogP contribution in [0.5, 0.6) is 0 Å². The summed E-state index contributed by atoms with van der Waals surface area (Å²) in [6.07, 6.45) is 3.92. The van der Waals surface area contributed by atoms with E-state index in [0.29, 0.717) is 24.9 Å². The van der Waals surface area contributed by atoms with Crippen LogP contribution in [0.1, 0.15) is 66.0 Å². The van der Waals surface area contributed by atoms with Gasteiger partial charge in [-0.15, -0.1) is 0 Å². The number of benzene rings is 3. The van der Waals surface area contributed by atoms with Crippen LogP contribution in [0.2, 0.25) is 0 Å². The maximum absolute atomic E-state index is 13.9. The van der Waals surface area contributed by atoms with E-state index in [2.05, 4.69) is 6.92 Å². The first kappa shape index (κ1) is 27.0. The molecule has 0 bridgehead atoms. The molecule has 3 aromatic carbocycles. The summed E-state index contributed by atoms with van der Waals surface area (Å²) in [5, 5.41) is 17.4. The molecular formula is C32H36N4O2. The molecule has 0 saturated heterocycles. The number of nitrogens with zero attached hydrogens (tertiary/aromatic N) is 2. The third kappa shape index (κ3) is 6.09. The number of aryl methyl sites for hydroxylation is 2. The Balaban J connectivity index is 1.72. The van der Waals surface area contributed by atoms with E-state index in [1.807, 2.05) is 84.3 Å². The number of hydrogen-bond donors (Lipinski definition) is 3. The lowest BCUT2D eigenvalue weighted by molar-refractivity contribution is 0.281. The van der Waals surface area contributed by atoms with Crippen LogP contribution in [0.3, 0.4) is 0 Å². The first-order chi connectivity index (χ1) is 18.4. The highest BCUT2D eigenvalue weighted by molar-refractivity contribution is 6.01. The molecule has 0 aliphatic rings. The van der Waals surface area contributed by atoms with Crippen LogP contribution < -0.4 is 11.3 Å². The highest BCUT2D eigenvalue weighted by atomic mass is 16.3. The first-order valence-corrected chi connectivity index (χ1v) is 13.3. The van der Waals surface area contributed by atoms with Gasteiger partial charge in [-0.1, -0.05) is 93.1 Å². The van der Waals surface area contributed by atoms with E-state index >= 15 is 0 Å². The Morgan fingerprint density at radius 1 is 0.974 bits per heavy atom. The van der Waals surface area contributed by atoms with E-state index in [-0.39, 0.29) is 18.0 Å². The minimum absolute atomic E-state index is 0.00311. The Bertz CT molecular complexity index is 1470. The van der Waals surface area contributed by atoms with Crippen molar-refractivity contribution < 1.29 is 5.11 Å². The van der Waals surface area contributed by atoms with Crippen LogP contribution >= 0.6 is 0 Å². The minimum atomic E-state index is -0.0280. The Kier molecular flexibility index (Phi) is 8.87. The number of unbranched alkanes of at least 4 members (excludes halogenated alkanes) is 1. The largest absolute Gasteiger partial charge is 0.392 e. The highest BCUT2D eigenvalue weighted by Gasteiger charge is 2.17. The second-order valence-electron chi connectivity index (χ2n) is 9.61. The highest BCUT2D eigenvalue weighted by Crippen LogP contribution is 2.24. The molecule has 0 spiro atoms. The second kappa shape index (κ2) is 12.5. The van der Waals surface area contributed by atoms with Gasteiger partial charge in [-0.3, -0.25) is 14.8 Å². The smallest absolute Gasteiger partial charge is 0.257 e. The second-order valence-corrected chi connectivity index (χ2v) is 9.61. The molecule has 6 heteroatoms. The molecule has 4 N–H and O–H groups in total. The monoisotopic (exact) mass is 508 g/mol. The molecule has 196 valence electrons. The Hall–Kier alpha value is -4.03. The van der Waals surface area contributed by atoms with Crippen LogP contribution in [-0.2, 0) is 32.4 Å². The van der Waals surface area contributed by atoms with E-state index in [1.165, 1.54) is 0 Å². The average Bonchev–Trinajstić information content (AvgIpc) is 2.95. The quantitative estimate of drug-likeness (QED) is 0.191. The molecule has 1 heterocycles. The normalized spacial score (nSPS) is 11.0. The number of aliphatic hydroxyl groups is 1. The molecule has 0 radical (unpaired) electrons. The van der Waals surface area contributed by atoms with Gasteiger partial charge in [-0.2, -0.15) is 0 Å².